The lowest BCUT2D eigenvalue weighted by Gasteiger charge is -2.09. The molecule has 4 nitrogen and oxygen atoms in total. The lowest BCUT2D eigenvalue weighted by molar-refractivity contribution is -0.123. The summed E-state index contributed by atoms with van der Waals surface area (Å²) < 4.78 is 0. The molecule has 1 unspecified atom stereocenters. The average molecular weight is 260 g/mol. The molecule has 1 aromatic carbocycles. The van der Waals surface area contributed by atoms with Crippen LogP contribution in [-0.4, -0.2) is 18.4 Å². The van der Waals surface area contributed by atoms with Crippen LogP contribution in [0.4, 0.5) is 5.69 Å². The van der Waals surface area contributed by atoms with Crippen LogP contribution < -0.4 is 10.6 Å². The predicted octanol–water partition coefficient (Wildman–Crippen LogP) is 2.10. The minimum Gasteiger partial charge on any atom is -0.355 e. The molecule has 0 bridgehead atoms. The molecule has 0 aromatic heterocycles. The van der Waals surface area contributed by atoms with E-state index in [2.05, 4.69) is 17.6 Å². The molecule has 1 aromatic rings. The first-order valence-corrected chi connectivity index (χ1v) is 6.85. The summed E-state index contributed by atoms with van der Waals surface area (Å²) in [6.07, 6.45) is 3.73. The van der Waals surface area contributed by atoms with Gasteiger partial charge in [-0.2, -0.15) is 0 Å². The fourth-order valence-corrected chi connectivity index (χ4v) is 2.17. The molecule has 1 aliphatic rings. The van der Waals surface area contributed by atoms with E-state index in [1.54, 1.807) is 0 Å². The topological polar surface area (TPSA) is 58.2 Å². The Labute approximate surface area is 113 Å². The number of nitrogens with one attached hydrogen (secondary N) is 2. The molecule has 1 aliphatic heterocycles. The van der Waals surface area contributed by atoms with Crippen LogP contribution in [-0.2, 0) is 16.0 Å². The van der Waals surface area contributed by atoms with E-state index >= 15 is 0 Å². The zero-order valence-electron chi connectivity index (χ0n) is 11.2. The van der Waals surface area contributed by atoms with Gasteiger partial charge in [0, 0.05) is 18.7 Å². The van der Waals surface area contributed by atoms with E-state index in [0.29, 0.717) is 13.0 Å². The standard InChI is InChI=1S/C15H20N2O2/c1-2-3-4-11-5-7-13(8-6-11)17-15(19)12-9-14(18)16-10-12/h5-8,12H,2-4,9-10H2,1H3,(H,16,18)(H,17,19). The summed E-state index contributed by atoms with van der Waals surface area (Å²) in [5.41, 5.74) is 2.09. The van der Waals surface area contributed by atoms with E-state index < -0.39 is 0 Å². The van der Waals surface area contributed by atoms with Gasteiger partial charge in [0.05, 0.1) is 5.92 Å². The van der Waals surface area contributed by atoms with Crippen LogP contribution in [0.1, 0.15) is 31.7 Å². The van der Waals surface area contributed by atoms with Gasteiger partial charge in [0.1, 0.15) is 0 Å². The van der Waals surface area contributed by atoms with Crippen molar-refractivity contribution in [1.29, 1.82) is 0 Å². The van der Waals surface area contributed by atoms with Crippen molar-refractivity contribution in [2.75, 3.05) is 11.9 Å². The zero-order chi connectivity index (χ0) is 13.7. The molecule has 2 N–H and O–H groups in total. The van der Waals surface area contributed by atoms with Gasteiger partial charge in [0.15, 0.2) is 0 Å². The Morgan fingerprint density at radius 3 is 2.68 bits per heavy atom. The van der Waals surface area contributed by atoms with E-state index in [1.807, 2.05) is 24.3 Å². The van der Waals surface area contributed by atoms with Gasteiger partial charge in [-0.05, 0) is 30.5 Å². The van der Waals surface area contributed by atoms with E-state index in [9.17, 15) is 9.59 Å². The van der Waals surface area contributed by atoms with Gasteiger partial charge in [-0.1, -0.05) is 25.5 Å². The van der Waals surface area contributed by atoms with Crippen molar-refractivity contribution < 1.29 is 9.59 Å². The number of hydrogen-bond acceptors (Lipinski definition) is 2. The monoisotopic (exact) mass is 260 g/mol. The number of rotatable bonds is 5. The molecule has 102 valence electrons. The second-order valence-corrected chi connectivity index (χ2v) is 4.99. The van der Waals surface area contributed by atoms with Crippen LogP contribution in [0.25, 0.3) is 0 Å². The Bertz CT molecular complexity index is 454. The summed E-state index contributed by atoms with van der Waals surface area (Å²) in [6.45, 7) is 2.62. The molecule has 1 heterocycles. The molecule has 1 atom stereocenters. The van der Waals surface area contributed by atoms with Crippen LogP contribution in [0.3, 0.4) is 0 Å². The van der Waals surface area contributed by atoms with Gasteiger partial charge >= 0.3 is 0 Å². The van der Waals surface area contributed by atoms with Gasteiger partial charge in [-0.25, -0.2) is 0 Å². The Balaban J connectivity index is 1.88. The van der Waals surface area contributed by atoms with Crippen molar-refractivity contribution >= 4 is 17.5 Å². The summed E-state index contributed by atoms with van der Waals surface area (Å²) in [4.78, 5) is 23.0. The normalized spacial score (nSPS) is 18.2. The minimum atomic E-state index is -0.243. The van der Waals surface area contributed by atoms with Crippen molar-refractivity contribution in [3.8, 4) is 0 Å². The van der Waals surface area contributed by atoms with Crippen LogP contribution in [0.15, 0.2) is 24.3 Å². The number of benzene rings is 1. The van der Waals surface area contributed by atoms with Crippen molar-refractivity contribution in [1.82, 2.24) is 5.32 Å². The summed E-state index contributed by atoms with van der Waals surface area (Å²) in [7, 11) is 0. The molecule has 0 aliphatic carbocycles. The fourth-order valence-electron chi connectivity index (χ4n) is 2.17. The summed E-state index contributed by atoms with van der Waals surface area (Å²) in [6, 6.07) is 7.94. The summed E-state index contributed by atoms with van der Waals surface area (Å²) in [5, 5.41) is 5.53. The smallest absolute Gasteiger partial charge is 0.229 e. The molecule has 4 heteroatoms. The first-order chi connectivity index (χ1) is 9.19. The maximum atomic E-state index is 11.9. The van der Waals surface area contributed by atoms with Crippen LogP contribution in [0.5, 0.6) is 0 Å². The maximum Gasteiger partial charge on any atom is 0.229 e. The quantitative estimate of drug-likeness (QED) is 0.851. The highest BCUT2D eigenvalue weighted by Gasteiger charge is 2.27. The Morgan fingerprint density at radius 2 is 2.11 bits per heavy atom. The SMILES string of the molecule is CCCCc1ccc(NC(=O)C2CNC(=O)C2)cc1. The second-order valence-electron chi connectivity index (χ2n) is 4.99. The molecular formula is C15H20N2O2. The Morgan fingerprint density at radius 1 is 1.37 bits per heavy atom. The highest BCUT2D eigenvalue weighted by Crippen LogP contribution is 2.15. The van der Waals surface area contributed by atoms with Crippen molar-refractivity contribution in [2.24, 2.45) is 5.92 Å². The summed E-state index contributed by atoms with van der Waals surface area (Å²) >= 11 is 0. The molecule has 0 spiro atoms. The second kappa shape index (κ2) is 6.36. The predicted molar refractivity (Wildman–Crippen MR) is 74.8 cm³/mol. The lowest BCUT2D eigenvalue weighted by Crippen LogP contribution is -2.24. The molecule has 1 fully saturated rings. The minimum absolute atomic E-state index is 0.0462. The molecule has 2 amide bonds. The number of amides is 2. The van der Waals surface area contributed by atoms with Gasteiger partial charge in [0.25, 0.3) is 0 Å². The first kappa shape index (κ1) is 13.6. The average Bonchev–Trinajstić information content (AvgIpc) is 2.85. The number of unbranched alkanes of at least 4 members (excludes halogenated alkanes) is 1. The first-order valence-electron chi connectivity index (χ1n) is 6.85. The van der Waals surface area contributed by atoms with Gasteiger partial charge < -0.3 is 10.6 Å². The number of anilines is 1. The van der Waals surface area contributed by atoms with Gasteiger partial charge in [-0.15, -0.1) is 0 Å². The van der Waals surface area contributed by atoms with Crippen LogP contribution in [0.2, 0.25) is 0 Å². The highest BCUT2D eigenvalue weighted by molar-refractivity contribution is 5.97. The fraction of sp³-hybridized carbons (Fsp3) is 0.467. The van der Waals surface area contributed by atoms with E-state index in [1.165, 1.54) is 18.4 Å². The largest absolute Gasteiger partial charge is 0.355 e. The lowest BCUT2D eigenvalue weighted by atomic mass is 10.1. The maximum absolute atomic E-state index is 11.9. The number of aryl methyl sites for hydroxylation is 1. The molecule has 2 rings (SSSR count). The third-order valence-electron chi connectivity index (χ3n) is 3.39. The molecule has 0 saturated carbocycles. The van der Waals surface area contributed by atoms with Crippen molar-refractivity contribution in [2.45, 2.75) is 32.6 Å². The molecular weight excluding hydrogens is 240 g/mol. The van der Waals surface area contributed by atoms with Crippen LogP contribution in [0, 0.1) is 5.92 Å². The van der Waals surface area contributed by atoms with E-state index in [0.717, 1.165) is 12.1 Å². The number of hydrogen-bond donors (Lipinski definition) is 2. The van der Waals surface area contributed by atoms with Gasteiger partial charge in [-0.3, -0.25) is 9.59 Å². The molecule has 0 radical (unpaired) electrons. The number of carbonyl (C=O) groups excluding carboxylic acids is 2. The van der Waals surface area contributed by atoms with Gasteiger partial charge in [0.2, 0.25) is 11.8 Å². The van der Waals surface area contributed by atoms with Crippen molar-refractivity contribution in [3.05, 3.63) is 29.8 Å². The van der Waals surface area contributed by atoms with E-state index in [4.69, 9.17) is 0 Å². The molecule has 1 saturated heterocycles. The van der Waals surface area contributed by atoms with Crippen LogP contribution >= 0.6 is 0 Å². The number of carbonyl (C=O) groups is 2. The third-order valence-corrected chi connectivity index (χ3v) is 3.39. The molecule has 19 heavy (non-hydrogen) atoms. The van der Waals surface area contributed by atoms with Crippen molar-refractivity contribution in [3.63, 3.8) is 0 Å². The Hall–Kier alpha value is -1.84. The third kappa shape index (κ3) is 3.81. The summed E-state index contributed by atoms with van der Waals surface area (Å²) in [5.74, 6) is -0.373. The Kier molecular flexibility index (Phi) is 4.55. The van der Waals surface area contributed by atoms with E-state index in [-0.39, 0.29) is 17.7 Å². The highest BCUT2D eigenvalue weighted by atomic mass is 16.2. The zero-order valence-corrected chi connectivity index (χ0v) is 11.2.